The second-order valence-electron chi connectivity index (χ2n) is 8.53. The van der Waals surface area contributed by atoms with Crippen LogP contribution in [0.3, 0.4) is 0 Å². The highest BCUT2D eigenvalue weighted by Gasteiger charge is 2.37. The Balaban J connectivity index is 1.51. The molecule has 30 heavy (non-hydrogen) atoms. The van der Waals surface area contributed by atoms with Gasteiger partial charge in [0.05, 0.1) is 17.4 Å². The van der Waals surface area contributed by atoms with Gasteiger partial charge >= 0.3 is 5.97 Å². The number of carbonyl (C=O) groups is 2. The molecule has 3 aliphatic rings. The molecule has 1 amide bonds. The van der Waals surface area contributed by atoms with Crippen molar-refractivity contribution in [1.29, 1.82) is 0 Å². The van der Waals surface area contributed by atoms with Gasteiger partial charge in [-0.1, -0.05) is 13.3 Å². The molecule has 3 atom stereocenters. The molecule has 2 heterocycles. The molecule has 9 heteroatoms. The van der Waals surface area contributed by atoms with Crippen LogP contribution in [0.4, 0.5) is 10.1 Å². The number of nitrogens with zero attached hydrogens (tertiary/aromatic N) is 1. The van der Waals surface area contributed by atoms with E-state index in [4.69, 9.17) is 0 Å². The van der Waals surface area contributed by atoms with Crippen LogP contribution in [0, 0.1) is 11.7 Å². The fourth-order valence-electron chi connectivity index (χ4n) is 4.54. The highest BCUT2D eigenvalue weighted by atomic mass is 19.1. The van der Waals surface area contributed by atoms with Gasteiger partial charge in [0.2, 0.25) is 5.91 Å². The molecule has 8 nitrogen and oxygen atoms in total. The summed E-state index contributed by atoms with van der Waals surface area (Å²) < 4.78 is 14.3. The third kappa shape index (κ3) is 4.49. The summed E-state index contributed by atoms with van der Waals surface area (Å²) in [6, 6.07) is 2.03. The van der Waals surface area contributed by atoms with Crippen LogP contribution >= 0.6 is 0 Å². The van der Waals surface area contributed by atoms with Crippen LogP contribution in [0.5, 0.6) is 0 Å². The van der Waals surface area contributed by atoms with Crippen molar-refractivity contribution in [3.05, 3.63) is 29.1 Å². The molecule has 4 rings (SSSR count). The van der Waals surface area contributed by atoms with Crippen LogP contribution < -0.4 is 21.5 Å². The number of anilines is 1. The van der Waals surface area contributed by atoms with Gasteiger partial charge in [0.15, 0.2) is 0 Å². The van der Waals surface area contributed by atoms with Gasteiger partial charge in [-0.25, -0.2) is 20.0 Å². The van der Waals surface area contributed by atoms with Crippen molar-refractivity contribution < 1.29 is 19.1 Å². The van der Waals surface area contributed by atoms with E-state index in [1.165, 1.54) is 6.07 Å². The van der Waals surface area contributed by atoms with E-state index in [-0.39, 0.29) is 35.2 Å². The first-order valence-corrected chi connectivity index (χ1v) is 10.8. The van der Waals surface area contributed by atoms with E-state index < -0.39 is 17.8 Å². The quantitative estimate of drug-likeness (QED) is 0.459. The number of hydrazine groups is 1. The predicted molar refractivity (Wildman–Crippen MR) is 110 cm³/mol. The zero-order valence-electron chi connectivity index (χ0n) is 17.2. The van der Waals surface area contributed by atoms with E-state index in [2.05, 4.69) is 33.3 Å². The number of carboxylic acids is 1. The standard InChI is InChI=1S/C21H30FN5O3/c1-2-3-13-8-18(27-7-6-23-11-27)25-26-19(13)20(28)24-17-10-14(12-4-5-12)16(22)9-15(17)21(29)30/h9-10,12-13,18-19,23,25-26H,2-8,11H2,1H3,(H,24,28)(H,29,30). The maximum Gasteiger partial charge on any atom is 0.337 e. The normalized spacial score (nSPS) is 27.2. The zero-order valence-corrected chi connectivity index (χ0v) is 17.2. The Morgan fingerprint density at radius 2 is 2.10 bits per heavy atom. The van der Waals surface area contributed by atoms with Crippen molar-refractivity contribution in [2.24, 2.45) is 5.92 Å². The Bertz CT molecular complexity index is 810. The SMILES string of the molecule is CCCC1CC(N2CCNC2)NNC1C(=O)Nc1cc(C2CC2)c(F)cc1C(=O)O. The van der Waals surface area contributed by atoms with E-state index in [1.807, 2.05) is 0 Å². The van der Waals surface area contributed by atoms with Gasteiger partial charge < -0.3 is 15.7 Å². The molecule has 164 valence electrons. The van der Waals surface area contributed by atoms with Gasteiger partial charge in [0, 0.05) is 19.8 Å². The molecule has 1 aromatic carbocycles. The Morgan fingerprint density at radius 1 is 1.30 bits per heavy atom. The van der Waals surface area contributed by atoms with Crippen LogP contribution in [-0.4, -0.2) is 53.8 Å². The second kappa shape index (κ2) is 8.97. The number of amides is 1. The van der Waals surface area contributed by atoms with Crippen LogP contribution in [-0.2, 0) is 4.79 Å². The molecule has 2 saturated heterocycles. The lowest BCUT2D eigenvalue weighted by atomic mass is 9.88. The molecule has 3 unspecified atom stereocenters. The molecular formula is C21H30FN5O3. The summed E-state index contributed by atoms with van der Waals surface area (Å²) in [5.41, 5.74) is 6.84. The van der Waals surface area contributed by atoms with E-state index in [0.717, 1.165) is 57.9 Å². The third-order valence-corrected chi connectivity index (χ3v) is 6.32. The number of carboxylic acid groups (broad SMARTS) is 1. The first-order chi connectivity index (χ1) is 14.5. The minimum absolute atomic E-state index is 0.110. The van der Waals surface area contributed by atoms with E-state index in [9.17, 15) is 19.1 Å². The molecule has 1 aliphatic carbocycles. The fraction of sp³-hybridized carbons (Fsp3) is 0.619. The predicted octanol–water partition coefficient (Wildman–Crippen LogP) is 1.81. The first-order valence-electron chi connectivity index (χ1n) is 10.8. The maximum atomic E-state index is 14.3. The van der Waals surface area contributed by atoms with Crippen molar-refractivity contribution >= 4 is 17.6 Å². The minimum Gasteiger partial charge on any atom is -0.478 e. The molecule has 1 saturated carbocycles. The number of halogens is 1. The van der Waals surface area contributed by atoms with Crippen molar-refractivity contribution in [1.82, 2.24) is 21.1 Å². The summed E-state index contributed by atoms with van der Waals surface area (Å²) in [5, 5.41) is 15.6. The maximum absolute atomic E-state index is 14.3. The number of nitrogens with one attached hydrogen (secondary N) is 4. The number of aromatic carboxylic acids is 1. The Hall–Kier alpha value is -2.07. The zero-order chi connectivity index (χ0) is 21.3. The number of hydrogen-bond donors (Lipinski definition) is 5. The van der Waals surface area contributed by atoms with Gasteiger partial charge in [0.25, 0.3) is 0 Å². The Labute approximate surface area is 175 Å². The van der Waals surface area contributed by atoms with Gasteiger partial charge in [-0.2, -0.15) is 0 Å². The molecule has 0 spiro atoms. The van der Waals surface area contributed by atoms with Crippen molar-refractivity contribution in [3.63, 3.8) is 0 Å². The summed E-state index contributed by atoms with van der Waals surface area (Å²) in [6.45, 7) is 4.81. The van der Waals surface area contributed by atoms with E-state index >= 15 is 0 Å². The van der Waals surface area contributed by atoms with E-state index in [0.29, 0.717) is 5.56 Å². The first kappa shape index (κ1) is 21.2. The summed E-state index contributed by atoms with van der Waals surface area (Å²) in [7, 11) is 0. The lowest BCUT2D eigenvalue weighted by molar-refractivity contribution is -0.121. The topological polar surface area (TPSA) is 106 Å². The average Bonchev–Trinajstić information content (AvgIpc) is 3.41. The van der Waals surface area contributed by atoms with Crippen molar-refractivity contribution in [2.75, 3.05) is 25.1 Å². The Kier molecular flexibility index (Phi) is 6.33. The fourth-order valence-corrected chi connectivity index (χ4v) is 4.54. The average molecular weight is 420 g/mol. The highest BCUT2D eigenvalue weighted by molar-refractivity contribution is 6.02. The molecule has 5 N–H and O–H groups in total. The van der Waals surface area contributed by atoms with Gasteiger partial charge in [-0.05, 0) is 55.2 Å². The molecule has 2 aliphatic heterocycles. The number of carbonyl (C=O) groups excluding carboxylic acids is 1. The monoisotopic (exact) mass is 419 g/mol. The molecule has 0 radical (unpaired) electrons. The van der Waals surface area contributed by atoms with Gasteiger partial charge in [0.1, 0.15) is 11.9 Å². The van der Waals surface area contributed by atoms with Crippen LogP contribution in [0.1, 0.15) is 60.9 Å². The second-order valence-corrected chi connectivity index (χ2v) is 8.53. The minimum atomic E-state index is -1.26. The lowest BCUT2D eigenvalue weighted by Crippen LogP contribution is -2.64. The molecular weight excluding hydrogens is 389 g/mol. The summed E-state index contributed by atoms with van der Waals surface area (Å²) in [5.74, 6) is -1.85. The summed E-state index contributed by atoms with van der Waals surface area (Å²) >= 11 is 0. The van der Waals surface area contributed by atoms with Crippen molar-refractivity contribution in [3.8, 4) is 0 Å². The largest absolute Gasteiger partial charge is 0.478 e. The Morgan fingerprint density at radius 3 is 2.73 bits per heavy atom. The number of benzene rings is 1. The summed E-state index contributed by atoms with van der Waals surface area (Å²) in [4.78, 5) is 27.0. The van der Waals surface area contributed by atoms with E-state index in [1.54, 1.807) is 0 Å². The molecule has 0 bridgehead atoms. The molecule has 1 aromatic rings. The van der Waals surface area contributed by atoms with Gasteiger partial charge in [-0.3, -0.25) is 9.69 Å². The van der Waals surface area contributed by atoms with Crippen LogP contribution in [0.25, 0.3) is 0 Å². The van der Waals surface area contributed by atoms with Crippen LogP contribution in [0.2, 0.25) is 0 Å². The highest BCUT2D eigenvalue weighted by Crippen LogP contribution is 2.42. The number of rotatable bonds is 7. The third-order valence-electron chi connectivity index (χ3n) is 6.32. The van der Waals surface area contributed by atoms with Gasteiger partial charge in [-0.15, -0.1) is 0 Å². The van der Waals surface area contributed by atoms with Crippen LogP contribution in [0.15, 0.2) is 12.1 Å². The smallest absolute Gasteiger partial charge is 0.337 e. The summed E-state index contributed by atoms with van der Waals surface area (Å²) in [6.07, 6.45) is 4.56. The van der Waals surface area contributed by atoms with Crippen molar-refractivity contribution in [2.45, 2.75) is 57.2 Å². The molecule has 0 aromatic heterocycles. The lowest BCUT2D eigenvalue weighted by Gasteiger charge is -2.40. The molecule has 3 fully saturated rings. The number of hydrogen-bond acceptors (Lipinski definition) is 6.